The highest BCUT2D eigenvalue weighted by molar-refractivity contribution is 5.69. The van der Waals surface area contributed by atoms with Gasteiger partial charge in [0.05, 0.1) is 19.6 Å². The summed E-state index contributed by atoms with van der Waals surface area (Å²) in [6.07, 6.45) is 0.305. The molecule has 1 aromatic rings. The first-order valence-corrected chi connectivity index (χ1v) is 4.73. The minimum atomic E-state index is -0.981. The standard InChI is InChI=1S/C11H13NO4/c1-16-10-5-3-2-4-8(10)9(12-7-13)6-11(14)15/h2-5,7,9H,6H2,1H3,(H,12,13)(H,14,15)/t9-/m1/s1. The summed E-state index contributed by atoms with van der Waals surface area (Å²) < 4.78 is 5.11. The van der Waals surface area contributed by atoms with Crippen LogP contribution in [0.2, 0.25) is 0 Å². The molecule has 5 heteroatoms. The lowest BCUT2D eigenvalue weighted by Crippen LogP contribution is -2.22. The fraction of sp³-hybridized carbons (Fsp3) is 0.273. The van der Waals surface area contributed by atoms with Gasteiger partial charge >= 0.3 is 5.97 Å². The van der Waals surface area contributed by atoms with Crippen molar-refractivity contribution in [3.63, 3.8) is 0 Å². The zero-order valence-electron chi connectivity index (χ0n) is 8.84. The Bertz CT molecular complexity index is 378. The SMILES string of the molecule is COc1ccccc1[C@@H](CC(=O)O)NC=O. The highest BCUT2D eigenvalue weighted by Crippen LogP contribution is 2.26. The molecule has 0 aliphatic heterocycles. The second kappa shape index (κ2) is 5.75. The van der Waals surface area contributed by atoms with E-state index in [4.69, 9.17) is 9.84 Å². The Morgan fingerprint density at radius 3 is 2.81 bits per heavy atom. The fourth-order valence-electron chi connectivity index (χ4n) is 1.47. The van der Waals surface area contributed by atoms with Crippen LogP contribution >= 0.6 is 0 Å². The van der Waals surface area contributed by atoms with Gasteiger partial charge in [-0.2, -0.15) is 0 Å². The Balaban J connectivity index is 2.99. The van der Waals surface area contributed by atoms with E-state index in [-0.39, 0.29) is 6.42 Å². The number of nitrogens with one attached hydrogen (secondary N) is 1. The number of carboxylic acids is 1. The van der Waals surface area contributed by atoms with Crippen molar-refractivity contribution in [2.45, 2.75) is 12.5 Å². The van der Waals surface area contributed by atoms with E-state index in [1.165, 1.54) is 7.11 Å². The Kier molecular flexibility index (Phi) is 4.32. The van der Waals surface area contributed by atoms with Crippen molar-refractivity contribution < 1.29 is 19.4 Å². The number of amides is 1. The molecule has 1 atom stereocenters. The number of hydrogen-bond donors (Lipinski definition) is 2. The Morgan fingerprint density at radius 2 is 2.25 bits per heavy atom. The highest BCUT2D eigenvalue weighted by Gasteiger charge is 2.17. The predicted molar refractivity (Wildman–Crippen MR) is 57.2 cm³/mol. The average Bonchev–Trinajstić information content (AvgIpc) is 2.28. The molecule has 0 aromatic heterocycles. The second-order valence-corrected chi connectivity index (χ2v) is 3.18. The number of carbonyl (C=O) groups excluding carboxylic acids is 1. The molecule has 0 aliphatic carbocycles. The summed E-state index contributed by atoms with van der Waals surface area (Å²) in [7, 11) is 1.50. The van der Waals surface area contributed by atoms with Crippen LogP contribution in [0.15, 0.2) is 24.3 Å². The number of methoxy groups -OCH3 is 1. The third-order valence-electron chi connectivity index (χ3n) is 2.16. The molecule has 2 N–H and O–H groups in total. The number of para-hydroxylation sites is 1. The van der Waals surface area contributed by atoms with Crippen LogP contribution in [0, 0.1) is 0 Å². The lowest BCUT2D eigenvalue weighted by atomic mass is 10.0. The molecule has 0 radical (unpaired) electrons. The molecule has 0 fully saturated rings. The van der Waals surface area contributed by atoms with Crippen LogP contribution in [0.3, 0.4) is 0 Å². The normalized spacial score (nSPS) is 11.6. The van der Waals surface area contributed by atoms with Crippen molar-refractivity contribution in [3.8, 4) is 5.75 Å². The zero-order chi connectivity index (χ0) is 12.0. The zero-order valence-corrected chi connectivity index (χ0v) is 8.84. The van der Waals surface area contributed by atoms with Crippen molar-refractivity contribution in [3.05, 3.63) is 29.8 Å². The molecular weight excluding hydrogens is 210 g/mol. The number of aliphatic carboxylic acids is 1. The summed E-state index contributed by atoms with van der Waals surface area (Å²) in [5.74, 6) is -0.423. The average molecular weight is 223 g/mol. The van der Waals surface area contributed by atoms with Crippen LogP contribution < -0.4 is 10.1 Å². The molecule has 0 heterocycles. The summed E-state index contributed by atoms with van der Waals surface area (Å²) in [6, 6.07) is 6.41. The summed E-state index contributed by atoms with van der Waals surface area (Å²) in [6.45, 7) is 0. The van der Waals surface area contributed by atoms with Gasteiger partial charge in [0.2, 0.25) is 6.41 Å². The number of ether oxygens (including phenoxy) is 1. The maximum atomic E-state index is 10.7. The summed E-state index contributed by atoms with van der Waals surface area (Å²) in [4.78, 5) is 21.1. The van der Waals surface area contributed by atoms with Gasteiger partial charge in [-0.05, 0) is 6.07 Å². The van der Waals surface area contributed by atoms with Crippen molar-refractivity contribution in [2.24, 2.45) is 0 Å². The molecular formula is C11H13NO4. The fourth-order valence-corrected chi connectivity index (χ4v) is 1.47. The van der Waals surface area contributed by atoms with Crippen molar-refractivity contribution in [1.29, 1.82) is 0 Å². The molecule has 0 spiro atoms. The summed E-state index contributed by atoms with van der Waals surface area (Å²) in [5, 5.41) is 11.2. The van der Waals surface area contributed by atoms with Crippen molar-refractivity contribution in [2.75, 3.05) is 7.11 Å². The first kappa shape index (κ1) is 12.0. The Morgan fingerprint density at radius 1 is 1.56 bits per heavy atom. The first-order valence-electron chi connectivity index (χ1n) is 4.73. The van der Waals surface area contributed by atoms with Gasteiger partial charge < -0.3 is 15.2 Å². The molecule has 0 saturated heterocycles. The smallest absolute Gasteiger partial charge is 0.305 e. The molecule has 16 heavy (non-hydrogen) atoms. The van der Waals surface area contributed by atoms with Gasteiger partial charge in [0.25, 0.3) is 0 Å². The molecule has 0 unspecified atom stereocenters. The number of benzene rings is 1. The third-order valence-corrected chi connectivity index (χ3v) is 2.16. The lowest BCUT2D eigenvalue weighted by molar-refractivity contribution is -0.137. The van der Waals surface area contributed by atoms with E-state index >= 15 is 0 Å². The number of carboxylic acid groups (broad SMARTS) is 1. The van der Waals surface area contributed by atoms with Crippen LogP contribution in [-0.4, -0.2) is 24.6 Å². The predicted octanol–water partition coefficient (Wildman–Crippen LogP) is 0.957. The molecule has 1 amide bonds. The second-order valence-electron chi connectivity index (χ2n) is 3.18. The number of rotatable bonds is 6. The van der Waals surface area contributed by atoms with E-state index in [0.29, 0.717) is 17.7 Å². The quantitative estimate of drug-likeness (QED) is 0.704. The molecule has 86 valence electrons. The number of hydrogen-bond acceptors (Lipinski definition) is 3. The monoisotopic (exact) mass is 223 g/mol. The van der Waals surface area contributed by atoms with Crippen LogP contribution in [0.4, 0.5) is 0 Å². The van der Waals surface area contributed by atoms with Gasteiger partial charge in [0.1, 0.15) is 5.75 Å². The van der Waals surface area contributed by atoms with Gasteiger partial charge in [-0.25, -0.2) is 0 Å². The lowest BCUT2D eigenvalue weighted by Gasteiger charge is -2.17. The molecule has 1 rings (SSSR count). The first-order chi connectivity index (χ1) is 7.69. The van der Waals surface area contributed by atoms with Crippen molar-refractivity contribution in [1.82, 2.24) is 5.32 Å². The topological polar surface area (TPSA) is 75.6 Å². The largest absolute Gasteiger partial charge is 0.496 e. The molecule has 0 saturated carbocycles. The van der Waals surface area contributed by atoms with Crippen LogP contribution in [0.1, 0.15) is 18.0 Å². The van der Waals surface area contributed by atoms with Crippen molar-refractivity contribution >= 4 is 12.4 Å². The van der Waals surface area contributed by atoms with Gasteiger partial charge in [0.15, 0.2) is 0 Å². The molecule has 0 bridgehead atoms. The molecule has 1 aromatic carbocycles. The van der Waals surface area contributed by atoms with Gasteiger partial charge in [-0.1, -0.05) is 18.2 Å². The van der Waals surface area contributed by atoms with Crippen LogP contribution in [0.5, 0.6) is 5.75 Å². The van der Waals surface area contributed by atoms with Gasteiger partial charge in [-0.15, -0.1) is 0 Å². The van der Waals surface area contributed by atoms with E-state index in [9.17, 15) is 9.59 Å². The highest BCUT2D eigenvalue weighted by atomic mass is 16.5. The minimum absolute atomic E-state index is 0.181. The maximum Gasteiger partial charge on any atom is 0.305 e. The third kappa shape index (κ3) is 2.98. The minimum Gasteiger partial charge on any atom is -0.496 e. The Labute approximate surface area is 93.0 Å². The van der Waals surface area contributed by atoms with Gasteiger partial charge in [0, 0.05) is 5.56 Å². The summed E-state index contributed by atoms with van der Waals surface area (Å²) in [5.41, 5.74) is 0.652. The maximum absolute atomic E-state index is 10.7. The van der Waals surface area contributed by atoms with E-state index in [1.807, 2.05) is 0 Å². The van der Waals surface area contributed by atoms with E-state index in [1.54, 1.807) is 24.3 Å². The van der Waals surface area contributed by atoms with E-state index in [2.05, 4.69) is 5.32 Å². The number of carbonyl (C=O) groups is 2. The molecule has 5 nitrogen and oxygen atoms in total. The van der Waals surface area contributed by atoms with Crippen LogP contribution in [0.25, 0.3) is 0 Å². The van der Waals surface area contributed by atoms with E-state index in [0.717, 1.165) is 0 Å². The Hall–Kier alpha value is -2.04. The van der Waals surface area contributed by atoms with E-state index < -0.39 is 12.0 Å². The van der Waals surface area contributed by atoms with Crippen LogP contribution in [-0.2, 0) is 9.59 Å². The molecule has 0 aliphatic rings. The van der Waals surface area contributed by atoms with Gasteiger partial charge in [-0.3, -0.25) is 9.59 Å². The summed E-state index contributed by atoms with van der Waals surface area (Å²) >= 11 is 0.